The van der Waals surface area contributed by atoms with Crippen LogP contribution in [-0.2, 0) is 4.74 Å². The highest BCUT2D eigenvalue weighted by molar-refractivity contribution is 5.76. The van der Waals surface area contributed by atoms with E-state index < -0.39 is 0 Å². The number of fused-ring (bicyclic) bond motifs is 1. The Bertz CT molecular complexity index is 593. The predicted molar refractivity (Wildman–Crippen MR) is 86.3 cm³/mol. The molecule has 120 valence electrons. The number of hydrogen-bond donors (Lipinski definition) is 3. The quantitative estimate of drug-likeness (QED) is 0.673. The van der Waals surface area contributed by atoms with Crippen LogP contribution in [-0.4, -0.2) is 49.4 Å². The molecule has 6 nitrogen and oxygen atoms in total. The lowest BCUT2D eigenvalue weighted by molar-refractivity contribution is 0.106. The summed E-state index contributed by atoms with van der Waals surface area (Å²) in [6, 6.07) is 5.96. The fraction of sp³-hybridized carbons (Fsp3) is 0.562. The lowest BCUT2D eigenvalue weighted by Gasteiger charge is -2.20. The number of benzene rings is 1. The van der Waals surface area contributed by atoms with E-state index in [0.29, 0.717) is 32.3 Å². The molecule has 0 radical (unpaired) electrons. The second-order valence-electron chi connectivity index (χ2n) is 5.59. The molecule has 0 aliphatic carbocycles. The molecule has 1 aliphatic rings. The topological polar surface area (TPSA) is 85.2 Å². The summed E-state index contributed by atoms with van der Waals surface area (Å²) in [6.45, 7) is 4.31. The van der Waals surface area contributed by atoms with Crippen molar-refractivity contribution in [3.63, 3.8) is 0 Å². The van der Waals surface area contributed by atoms with Crippen molar-refractivity contribution >= 4 is 11.0 Å². The van der Waals surface area contributed by atoms with Crippen molar-refractivity contribution in [3.8, 4) is 5.75 Å². The van der Waals surface area contributed by atoms with Crippen molar-refractivity contribution < 1.29 is 9.47 Å². The first kappa shape index (κ1) is 15.3. The van der Waals surface area contributed by atoms with E-state index >= 15 is 0 Å². The van der Waals surface area contributed by atoms with E-state index in [-0.39, 0.29) is 0 Å². The highest BCUT2D eigenvalue weighted by Crippen LogP contribution is 2.25. The van der Waals surface area contributed by atoms with Crippen molar-refractivity contribution in [2.75, 3.05) is 39.5 Å². The zero-order chi connectivity index (χ0) is 15.2. The largest absolute Gasteiger partial charge is 0.491 e. The number of H-pyrrole nitrogens is 1. The van der Waals surface area contributed by atoms with Crippen LogP contribution in [0, 0.1) is 0 Å². The van der Waals surface area contributed by atoms with Crippen LogP contribution in [0.15, 0.2) is 18.2 Å². The Morgan fingerprint density at radius 3 is 3.05 bits per heavy atom. The average molecular weight is 304 g/mol. The van der Waals surface area contributed by atoms with Crippen LogP contribution >= 0.6 is 0 Å². The molecule has 2 heterocycles. The van der Waals surface area contributed by atoms with E-state index in [1.165, 1.54) is 12.8 Å². The van der Waals surface area contributed by atoms with Crippen LogP contribution in [0.2, 0.25) is 0 Å². The van der Waals surface area contributed by atoms with Gasteiger partial charge in [-0.3, -0.25) is 0 Å². The SMILES string of the molecule is NCCOCCOc1ccc2nc(C3CCCNC3)[nH]c2c1. The molecule has 1 atom stereocenters. The van der Waals surface area contributed by atoms with E-state index in [2.05, 4.69) is 10.3 Å². The van der Waals surface area contributed by atoms with Crippen molar-refractivity contribution in [1.82, 2.24) is 15.3 Å². The van der Waals surface area contributed by atoms with Gasteiger partial charge in [-0.1, -0.05) is 0 Å². The number of nitrogens with two attached hydrogens (primary N) is 1. The molecular formula is C16H24N4O2. The number of rotatable bonds is 7. The second-order valence-corrected chi connectivity index (χ2v) is 5.59. The first-order chi connectivity index (χ1) is 10.9. The van der Waals surface area contributed by atoms with E-state index in [9.17, 15) is 0 Å². The molecule has 1 aliphatic heterocycles. The Labute approximate surface area is 130 Å². The van der Waals surface area contributed by atoms with E-state index in [1.807, 2.05) is 18.2 Å². The molecule has 0 amide bonds. The molecule has 4 N–H and O–H groups in total. The number of imidazole rings is 1. The fourth-order valence-electron chi connectivity index (χ4n) is 2.78. The van der Waals surface area contributed by atoms with Gasteiger partial charge in [0.25, 0.3) is 0 Å². The molecular weight excluding hydrogens is 280 g/mol. The van der Waals surface area contributed by atoms with Gasteiger partial charge in [0.2, 0.25) is 0 Å². The van der Waals surface area contributed by atoms with Gasteiger partial charge in [0, 0.05) is 25.1 Å². The summed E-state index contributed by atoms with van der Waals surface area (Å²) in [5, 5.41) is 3.43. The smallest absolute Gasteiger partial charge is 0.121 e. The van der Waals surface area contributed by atoms with Gasteiger partial charge in [-0.25, -0.2) is 4.98 Å². The summed E-state index contributed by atoms with van der Waals surface area (Å²) in [5.74, 6) is 2.39. The van der Waals surface area contributed by atoms with Gasteiger partial charge in [0.1, 0.15) is 18.2 Å². The number of nitrogens with one attached hydrogen (secondary N) is 2. The van der Waals surface area contributed by atoms with Crippen molar-refractivity contribution in [2.45, 2.75) is 18.8 Å². The zero-order valence-corrected chi connectivity index (χ0v) is 12.8. The minimum Gasteiger partial charge on any atom is -0.491 e. The van der Waals surface area contributed by atoms with Gasteiger partial charge < -0.3 is 25.5 Å². The Balaban J connectivity index is 1.62. The standard InChI is InChI=1S/C16H24N4O2/c17-5-7-21-8-9-22-13-3-4-14-15(10-13)20-16(19-14)12-2-1-6-18-11-12/h3-4,10,12,18H,1-2,5-9,11,17H2,(H,19,20). The predicted octanol–water partition coefficient (Wildman–Crippen LogP) is 1.38. The van der Waals surface area contributed by atoms with Gasteiger partial charge in [-0.2, -0.15) is 0 Å². The second kappa shape index (κ2) is 7.58. The molecule has 0 bridgehead atoms. The maximum absolute atomic E-state index is 5.69. The summed E-state index contributed by atoms with van der Waals surface area (Å²) in [7, 11) is 0. The number of hydrogen-bond acceptors (Lipinski definition) is 5. The number of aromatic amines is 1. The third-order valence-corrected chi connectivity index (χ3v) is 3.91. The summed E-state index contributed by atoms with van der Waals surface area (Å²) in [6.07, 6.45) is 2.40. The monoisotopic (exact) mass is 304 g/mol. The molecule has 3 rings (SSSR count). The molecule has 6 heteroatoms. The first-order valence-electron chi connectivity index (χ1n) is 7.98. The van der Waals surface area contributed by atoms with Crippen molar-refractivity contribution in [1.29, 1.82) is 0 Å². The van der Waals surface area contributed by atoms with Gasteiger partial charge in [0.05, 0.1) is 24.2 Å². The van der Waals surface area contributed by atoms with E-state index in [4.69, 9.17) is 20.2 Å². The molecule has 1 fully saturated rings. The third-order valence-electron chi connectivity index (χ3n) is 3.91. The molecule has 1 aromatic heterocycles. The molecule has 22 heavy (non-hydrogen) atoms. The summed E-state index contributed by atoms with van der Waals surface area (Å²) in [4.78, 5) is 8.15. The molecule has 1 aromatic carbocycles. The van der Waals surface area contributed by atoms with E-state index in [1.54, 1.807) is 0 Å². The zero-order valence-electron chi connectivity index (χ0n) is 12.8. The molecule has 0 saturated carbocycles. The van der Waals surface area contributed by atoms with Crippen LogP contribution in [0.25, 0.3) is 11.0 Å². The molecule has 2 aromatic rings. The fourth-order valence-corrected chi connectivity index (χ4v) is 2.78. The summed E-state index contributed by atoms with van der Waals surface area (Å²) >= 11 is 0. The summed E-state index contributed by atoms with van der Waals surface area (Å²) < 4.78 is 11.0. The normalized spacial score (nSPS) is 18.7. The Morgan fingerprint density at radius 1 is 1.27 bits per heavy atom. The van der Waals surface area contributed by atoms with Crippen LogP contribution in [0.4, 0.5) is 0 Å². The van der Waals surface area contributed by atoms with E-state index in [0.717, 1.165) is 35.7 Å². The highest BCUT2D eigenvalue weighted by atomic mass is 16.5. The number of piperidine rings is 1. The van der Waals surface area contributed by atoms with Crippen LogP contribution < -0.4 is 15.8 Å². The molecule has 1 saturated heterocycles. The molecule has 1 unspecified atom stereocenters. The number of ether oxygens (including phenoxy) is 2. The number of aromatic nitrogens is 2. The Kier molecular flexibility index (Phi) is 5.26. The van der Waals surface area contributed by atoms with Crippen molar-refractivity contribution in [3.05, 3.63) is 24.0 Å². The Morgan fingerprint density at radius 2 is 2.23 bits per heavy atom. The van der Waals surface area contributed by atoms with Gasteiger partial charge >= 0.3 is 0 Å². The molecule has 0 spiro atoms. The van der Waals surface area contributed by atoms with Gasteiger partial charge in [-0.05, 0) is 31.5 Å². The minimum absolute atomic E-state index is 0.482. The maximum atomic E-state index is 5.69. The van der Waals surface area contributed by atoms with Gasteiger partial charge in [0.15, 0.2) is 0 Å². The van der Waals surface area contributed by atoms with Crippen LogP contribution in [0.1, 0.15) is 24.6 Å². The van der Waals surface area contributed by atoms with Gasteiger partial charge in [-0.15, -0.1) is 0 Å². The summed E-state index contributed by atoms with van der Waals surface area (Å²) in [5.41, 5.74) is 7.39. The minimum atomic E-state index is 0.482. The van der Waals surface area contributed by atoms with Crippen LogP contribution in [0.3, 0.4) is 0 Å². The highest BCUT2D eigenvalue weighted by Gasteiger charge is 2.18. The Hall–Kier alpha value is -1.63. The lowest BCUT2D eigenvalue weighted by atomic mass is 9.99. The lowest BCUT2D eigenvalue weighted by Crippen LogP contribution is -2.28. The van der Waals surface area contributed by atoms with Crippen molar-refractivity contribution in [2.24, 2.45) is 5.73 Å². The van der Waals surface area contributed by atoms with Crippen LogP contribution in [0.5, 0.6) is 5.75 Å². The number of nitrogens with zero attached hydrogens (tertiary/aromatic N) is 1. The maximum Gasteiger partial charge on any atom is 0.121 e. The average Bonchev–Trinajstić information content (AvgIpc) is 2.99. The third kappa shape index (κ3) is 3.76. The first-order valence-corrected chi connectivity index (χ1v) is 7.98.